The largest absolute Gasteiger partial charge is 0.393 e. The van der Waals surface area contributed by atoms with Gasteiger partial charge in [-0.2, -0.15) is 0 Å². The van der Waals surface area contributed by atoms with Crippen LogP contribution in [0.4, 0.5) is 0 Å². The molecule has 2 saturated carbocycles. The molecule has 0 heterocycles. The van der Waals surface area contributed by atoms with Gasteiger partial charge in [0.05, 0.1) is 6.10 Å². The van der Waals surface area contributed by atoms with Crippen molar-refractivity contribution in [3.8, 4) is 0 Å². The molecule has 0 amide bonds. The predicted molar refractivity (Wildman–Crippen MR) is 85.6 cm³/mol. The Bertz CT molecular complexity index is 510. The maximum atomic E-state index is 10.5. The van der Waals surface area contributed by atoms with Gasteiger partial charge in [0.2, 0.25) is 0 Å². The van der Waals surface area contributed by atoms with Gasteiger partial charge in [-0.3, -0.25) is 0 Å². The smallest absolute Gasteiger partial charge is 0.0596 e. The first-order valence-electron chi connectivity index (χ1n) is 8.77. The van der Waals surface area contributed by atoms with Crippen LogP contribution >= 0.6 is 0 Å². The molecule has 0 aromatic heterocycles. The second-order valence-corrected chi connectivity index (χ2v) is 8.49. The van der Waals surface area contributed by atoms with Gasteiger partial charge in [0.15, 0.2) is 0 Å². The van der Waals surface area contributed by atoms with Gasteiger partial charge in [-0.05, 0) is 61.7 Å². The lowest BCUT2D eigenvalue weighted by molar-refractivity contribution is -0.0542. The van der Waals surface area contributed by atoms with Crippen LogP contribution in [-0.4, -0.2) is 17.3 Å². The minimum absolute atomic E-state index is 0.0723. The molecule has 7 atom stereocenters. The second-order valence-electron chi connectivity index (χ2n) is 8.49. The van der Waals surface area contributed by atoms with E-state index in [2.05, 4.69) is 32.1 Å². The molecule has 0 aliphatic heterocycles. The maximum Gasteiger partial charge on any atom is 0.0596 e. The molecule has 0 radical (unpaired) electrons. The highest BCUT2D eigenvalue weighted by Crippen LogP contribution is 2.63. The fourth-order valence-electron chi connectivity index (χ4n) is 6.25. The molecule has 0 aromatic carbocycles. The first-order valence-corrected chi connectivity index (χ1v) is 8.77. The van der Waals surface area contributed by atoms with Gasteiger partial charge in [-0.1, -0.05) is 37.6 Å². The fourth-order valence-corrected chi connectivity index (χ4v) is 6.25. The van der Waals surface area contributed by atoms with E-state index in [0.717, 1.165) is 24.7 Å². The molecular formula is C19H29NO. The topological polar surface area (TPSA) is 46.2 Å². The van der Waals surface area contributed by atoms with E-state index in [9.17, 15) is 5.11 Å². The first kappa shape index (κ1) is 14.0. The van der Waals surface area contributed by atoms with E-state index in [0.29, 0.717) is 5.92 Å². The Hall–Kier alpha value is -0.600. The molecule has 0 spiro atoms. The molecular weight excluding hydrogens is 258 g/mol. The van der Waals surface area contributed by atoms with Gasteiger partial charge in [0.25, 0.3) is 0 Å². The minimum atomic E-state index is -0.0723. The van der Waals surface area contributed by atoms with E-state index in [4.69, 9.17) is 5.73 Å². The number of aliphatic hydroxyl groups is 1. The Balaban J connectivity index is 1.71. The predicted octanol–water partition coefficient (Wildman–Crippen LogP) is 3.41. The molecule has 0 aromatic rings. The van der Waals surface area contributed by atoms with E-state index >= 15 is 0 Å². The standard InChI is InChI=1S/C19H29NO/c1-18-9-7-13(20)11-12(18)3-4-14-15-5-6-17(21)19(15,2)10-8-16(14)18/h3,7,9,13-17,21H,4-6,8,10-11,20H2,1-2H3/t13?,14-,15-,16+,17?,18-,19-/m0/s1. The van der Waals surface area contributed by atoms with Crippen molar-refractivity contribution in [3.05, 3.63) is 23.8 Å². The van der Waals surface area contributed by atoms with Gasteiger partial charge in [-0.25, -0.2) is 0 Å². The number of nitrogens with two attached hydrogens (primary N) is 1. The summed E-state index contributed by atoms with van der Waals surface area (Å²) in [5, 5.41) is 10.5. The Morgan fingerprint density at radius 1 is 1.19 bits per heavy atom. The van der Waals surface area contributed by atoms with Crippen LogP contribution in [-0.2, 0) is 0 Å². The monoisotopic (exact) mass is 287 g/mol. The Kier molecular flexibility index (Phi) is 2.97. The lowest BCUT2D eigenvalue weighted by Gasteiger charge is -2.56. The molecule has 3 N–H and O–H groups in total. The number of hydrogen-bond donors (Lipinski definition) is 2. The van der Waals surface area contributed by atoms with Crippen LogP contribution in [0.2, 0.25) is 0 Å². The molecule has 0 bridgehead atoms. The van der Waals surface area contributed by atoms with E-state index in [1.165, 1.54) is 25.7 Å². The highest BCUT2D eigenvalue weighted by Gasteiger charge is 2.57. The first-order chi connectivity index (χ1) is 9.95. The van der Waals surface area contributed by atoms with Crippen LogP contribution < -0.4 is 5.73 Å². The quantitative estimate of drug-likeness (QED) is 0.671. The SMILES string of the molecule is C[C@]12C=CC(N)CC1=CC[C@@H]1[C@H]2CC[C@]2(C)C(O)CC[C@@H]12. The number of aliphatic hydroxyl groups excluding tert-OH is 1. The summed E-state index contributed by atoms with van der Waals surface area (Å²) < 4.78 is 0. The van der Waals surface area contributed by atoms with Gasteiger partial charge >= 0.3 is 0 Å². The van der Waals surface area contributed by atoms with Gasteiger partial charge in [0.1, 0.15) is 0 Å². The lowest BCUT2D eigenvalue weighted by atomic mass is 9.49. The van der Waals surface area contributed by atoms with Crippen LogP contribution in [0.3, 0.4) is 0 Å². The Morgan fingerprint density at radius 3 is 2.81 bits per heavy atom. The zero-order chi connectivity index (χ0) is 14.8. The third kappa shape index (κ3) is 1.78. The Labute approximate surface area is 128 Å². The van der Waals surface area contributed by atoms with Crippen LogP contribution in [0.25, 0.3) is 0 Å². The van der Waals surface area contributed by atoms with E-state index in [1.54, 1.807) is 5.57 Å². The van der Waals surface area contributed by atoms with Gasteiger partial charge < -0.3 is 10.8 Å². The van der Waals surface area contributed by atoms with Crippen molar-refractivity contribution < 1.29 is 5.11 Å². The summed E-state index contributed by atoms with van der Waals surface area (Å²) in [4.78, 5) is 0. The highest BCUT2D eigenvalue weighted by molar-refractivity contribution is 5.33. The summed E-state index contributed by atoms with van der Waals surface area (Å²) in [6.45, 7) is 4.78. The van der Waals surface area contributed by atoms with E-state index in [1.807, 2.05) is 0 Å². The minimum Gasteiger partial charge on any atom is -0.393 e. The molecule has 21 heavy (non-hydrogen) atoms. The van der Waals surface area contributed by atoms with Crippen molar-refractivity contribution in [1.82, 2.24) is 0 Å². The zero-order valence-electron chi connectivity index (χ0n) is 13.4. The summed E-state index contributed by atoms with van der Waals surface area (Å²) in [5.41, 5.74) is 8.12. The van der Waals surface area contributed by atoms with Crippen LogP contribution in [0.1, 0.15) is 52.4 Å². The normalized spacial score (nSPS) is 55.4. The molecule has 2 fully saturated rings. The molecule has 2 heteroatoms. The molecule has 4 rings (SSSR count). The Morgan fingerprint density at radius 2 is 2.00 bits per heavy atom. The van der Waals surface area contributed by atoms with Crippen molar-refractivity contribution in [2.45, 2.75) is 64.5 Å². The number of hydrogen-bond acceptors (Lipinski definition) is 2. The maximum absolute atomic E-state index is 10.5. The van der Waals surface area contributed by atoms with Crippen molar-refractivity contribution in [2.24, 2.45) is 34.3 Å². The van der Waals surface area contributed by atoms with Crippen LogP contribution in [0.5, 0.6) is 0 Å². The highest BCUT2D eigenvalue weighted by atomic mass is 16.3. The summed E-state index contributed by atoms with van der Waals surface area (Å²) in [5.74, 6) is 2.23. The molecule has 116 valence electrons. The summed E-state index contributed by atoms with van der Waals surface area (Å²) in [7, 11) is 0. The van der Waals surface area contributed by atoms with Crippen LogP contribution in [0, 0.1) is 28.6 Å². The fraction of sp³-hybridized carbons (Fsp3) is 0.789. The van der Waals surface area contributed by atoms with Crippen molar-refractivity contribution in [3.63, 3.8) is 0 Å². The van der Waals surface area contributed by atoms with Gasteiger partial charge in [-0.15, -0.1) is 0 Å². The average Bonchev–Trinajstić information content (AvgIpc) is 2.76. The number of fused-ring (bicyclic) bond motifs is 5. The van der Waals surface area contributed by atoms with Crippen molar-refractivity contribution >= 4 is 0 Å². The molecule has 4 aliphatic carbocycles. The third-order valence-electron chi connectivity index (χ3n) is 7.63. The van der Waals surface area contributed by atoms with E-state index < -0.39 is 0 Å². The molecule has 2 unspecified atom stereocenters. The summed E-state index contributed by atoms with van der Waals surface area (Å²) in [6.07, 6.45) is 14.0. The lowest BCUT2D eigenvalue weighted by Crippen LogP contribution is -2.50. The molecule has 4 aliphatic rings. The zero-order valence-corrected chi connectivity index (χ0v) is 13.4. The van der Waals surface area contributed by atoms with Crippen molar-refractivity contribution in [2.75, 3.05) is 0 Å². The second kappa shape index (κ2) is 4.45. The van der Waals surface area contributed by atoms with Crippen LogP contribution in [0.15, 0.2) is 23.8 Å². The third-order valence-corrected chi connectivity index (χ3v) is 7.63. The van der Waals surface area contributed by atoms with Crippen molar-refractivity contribution in [1.29, 1.82) is 0 Å². The molecule has 0 saturated heterocycles. The number of rotatable bonds is 0. The summed E-state index contributed by atoms with van der Waals surface area (Å²) in [6, 6.07) is 0.211. The average molecular weight is 287 g/mol. The van der Waals surface area contributed by atoms with E-state index in [-0.39, 0.29) is 23.0 Å². The summed E-state index contributed by atoms with van der Waals surface area (Å²) >= 11 is 0. The van der Waals surface area contributed by atoms with Gasteiger partial charge in [0, 0.05) is 11.5 Å². The molecule has 2 nitrogen and oxygen atoms in total. The number of allylic oxidation sites excluding steroid dienone is 2.